The van der Waals surface area contributed by atoms with Crippen LogP contribution in [0.3, 0.4) is 0 Å². The maximum atomic E-state index is 12.4. The van der Waals surface area contributed by atoms with Crippen molar-refractivity contribution < 1.29 is 4.79 Å². The van der Waals surface area contributed by atoms with Crippen molar-refractivity contribution in [2.45, 2.75) is 6.92 Å². The van der Waals surface area contributed by atoms with Gasteiger partial charge in [-0.3, -0.25) is 4.79 Å². The summed E-state index contributed by atoms with van der Waals surface area (Å²) in [6, 6.07) is 19.2. The van der Waals surface area contributed by atoms with Gasteiger partial charge in [0.05, 0.1) is 11.9 Å². The number of nitrogens with zero attached hydrogens (tertiary/aromatic N) is 4. The van der Waals surface area contributed by atoms with Crippen molar-refractivity contribution in [2.24, 2.45) is 0 Å². The van der Waals surface area contributed by atoms with E-state index in [1.165, 1.54) is 6.08 Å². The number of para-hydroxylation sites is 2. The molecule has 5 heteroatoms. The highest BCUT2D eigenvalue weighted by Crippen LogP contribution is 2.14. The Kier molecular flexibility index (Phi) is 4.81. The molecule has 0 aliphatic rings. The number of likely N-dealkylation sites (N-methyl/N-ethyl adjacent to an activating group) is 1. The zero-order valence-corrected chi connectivity index (χ0v) is 13.4. The Bertz CT molecular complexity index is 825. The van der Waals surface area contributed by atoms with E-state index in [4.69, 9.17) is 0 Å². The first-order valence-electron chi connectivity index (χ1n) is 7.80. The molecule has 1 aromatic heterocycles. The van der Waals surface area contributed by atoms with Crippen LogP contribution >= 0.6 is 0 Å². The molecule has 1 heterocycles. The Balaban J connectivity index is 1.73. The van der Waals surface area contributed by atoms with E-state index in [2.05, 4.69) is 10.2 Å². The summed E-state index contributed by atoms with van der Waals surface area (Å²) in [6.45, 7) is 2.55. The monoisotopic (exact) mass is 318 g/mol. The molecule has 0 radical (unpaired) electrons. The number of rotatable bonds is 5. The number of hydrogen-bond donors (Lipinski definition) is 0. The van der Waals surface area contributed by atoms with Crippen LogP contribution in [0.5, 0.6) is 0 Å². The van der Waals surface area contributed by atoms with Crippen molar-refractivity contribution in [2.75, 3.05) is 11.4 Å². The van der Waals surface area contributed by atoms with E-state index in [-0.39, 0.29) is 5.91 Å². The molecule has 0 unspecified atom stereocenters. The number of carbonyl (C=O) groups excluding carboxylic acids is 1. The minimum absolute atomic E-state index is 0.0852. The van der Waals surface area contributed by atoms with Gasteiger partial charge in [0.25, 0.3) is 5.91 Å². The van der Waals surface area contributed by atoms with Crippen molar-refractivity contribution >= 4 is 17.7 Å². The van der Waals surface area contributed by atoms with Gasteiger partial charge in [0.15, 0.2) is 0 Å². The largest absolute Gasteiger partial charge is 0.309 e. The fourth-order valence-electron chi connectivity index (χ4n) is 2.36. The SMILES string of the molecule is CCN(C(=O)/C=C/c1cnn(-c2ccccc2)n1)c1ccccc1. The molecule has 0 aliphatic heterocycles. The third-order valence-corrected chi connectivity index (χ3v) is 3.54. The lowest BCUT2D eigenvalue weighted by Crippen LogP contribution is -2.28. The van der Waals surface area contributed by atoms with Crippen molar-refractivity contribution in [1.29, 1.82) is 0 Å². The fraction of sp³-hybridized carbons (Fsp3) is 0.105. The molecule has 1 amide bonds. The summed E-state index contributed by atoms with van der Waals surface area (Å²) in [6.07, 6.45) is 4.84. The minimum atomic E-state index is -0.0852. The van der Waals surface area contributed by atoms with Crippen LogP contribution in [0.1, 0.15) is 12.6 Å². The summed E-state index contributed by atoms with van der Waals surface area (Å²) < 4.78 is 0. The second-order valence-electron chi connectivity index (χ2n) is 5.15. The molecule has 0 bridgehead atoms. The minimum Gasteiger partial charge on any atom is -0.309 e. The van der Waals surface area contributed by atoms with Crippen LogP contribution in [0, 0.1) is 0 Å². The van der Waals surface area contributed by atoms with Gasteiger partial charge in [0, 0.05) is 18.3 Å². The molecule has 3 rings (SSSR count). The van der Waals surface area contributed by atoms with E-state index in [0.29, 0.717) is 12.2 Å². The van der Waals surface area contributed by atoms with Gasteiger partial charge in [-0.25, -0.2) is 0 Å². The summed E-state index contributed by atoms with van der Waals surface area (Å²) in [5, 5.41) is 8.58. The molecule has 0 saturated carbocycles. The average molecular weight is 318 g/mol. The highest BCUT2D eigenvalue weighted by atomic mass is 16.2. The lowest BCUT2D eigenvalue weighted by atomic mass is 10.2. The topological polar surface area (TPSA) is 51.0 Å². The van der Waals surface area contributed by atoms with Crippen molar-refractivity contribution in [3.63, 3.8) is 0 Å². The third-order valence-electron chi connectivity index (χ3n) is 3.54. The van der Waals surface area contributed by atoms with E-state index in [1.807, 2.05) is 67.6 Å². The van der Waals surface area contributed by atoms with Crippen LogP contribution in [0.25, 0.3) is 11.8 Å². The highest BCUT2D eigenvalue weighted by Gasteiger charge is 2.10. The lowest BCUT2D eigenvalue weighted by molar-refractivity contribution is -0.114. The summed E-state index contributed by atoms with van der Waals surface area (Å²) in [5.41, 5.74) is 2.39. The second-order valence-corrected chi connectivity index (χ2v) is 5.15. The van der Waals surface area contributed by atoms with Gasteiger partial charge in [0.1, 0.15) is 5.69 Å². The first-order chi connectivity index (χ1) is 11.8. The fourth-order valence-corrected chi connectivity index (χ4v) is 2.36. The van der Waals surface area contributed by atoms with Gasteiger partial charge in [-0.15, -0.1) is 5.10 Å². The maximum absolute atomic E-state index is 12.4. The summed E-state index contributed by atoms with van der Waals surface area (Å²) in [4.78, 5) is 15.7. The van der Waals surface area contributed by atoms with Crippen molar-refractivity contribution in [3.05, 3.63) is 78.6 Å². The van der Waals surface area contributed by atoms with Gasteiger partial charge in [-0.2, -0.15) is 9.90 Å². The van der Waals surface area contributed by atoms with Crippen LogP contribution < -0.4 is 4.90 Å². The first-order valence-corrected chi connectivity index (χ1v) is 7.80. The van der Waals surface area contributed by atoms with Crippen molar-refractivity contribution in [3.8, 4) is 5.69 Å². The van der Waals surface area contributed by atoms with Crippen LogP contribution in [0.2, 0.25) is 0 Å². The van der Waals surface area contributed by atoms with E-state index in [1.54, 1.807) is 22.0 Å². The van der Waals surface area contributed by atoms with Crippen LogP contribution in [-0.2, 0) is 4.79 Å². The predicted octanol–water partition coefficient (Wildman–Crippen LogP) is 3.33. The molecule has 3 aromatic rings. The Morgan fingerprint density at radius 2 is 1.75 bits per heavy atom. The Morgan fingerprint density at radius 1 is 1.08 bits per heavy atom. The molecule has 0 spiro atoms. The standard InChI is InChI=1S/C19H18N4O/c1-2-22(17-9-5-3-6-10-17)19(24)14-13-16-15-20-23(21-16)18-11-7-4-8-12-18/h3-15H,2H2,1H3/b14-13+. The molecule has 120 valence electrons. The molecule has 5 nitrogen and oxygen atoms in total. The molecule has 0 atom stereocenters. The number of hydrogen-bond acceptors (Lipinski definition) is 3. The van der Waals surface area contributed by atoms with Crippen LogP contribution in [0.15, 0.2) is 72.9 Å². The Morgan fingerprint density at radius 3 is 2.42 bits per heavy atom. The zero-order chi connectivity index (χ0) is 16.8. The molecule has 0 saturated heterocycles. The lowest BCUT2D eigenvalue weighted by Gasteiger charge is -2.18. The number of benzene rings is 2. The first kappa shape index (κ1) is 15.7. The van der Waals surface area contributed by atoms with Crippen LogP contribution in [-0.4, -0.2) is 27.4 Å². The van der Waals surface area contributed by atoms with E-state index >= 15 is 0 Å². The Labute approximate surface area is 140 Å². The smallest absolute Gasteiger partial charge is 0.251 e. The number of amides is 1. The average Bonchev–Trinajstić information content (AvgIpc) is 3.11. The maximum Gasteiger partial charge on any atom is 0.251 e. The number of anilines is 1. The molecular weight excluding hydrogens is 300 g/mol. The van der Waals surface area contributed by atoms with E-state index < -0.39 is 0 Å². The van der Waals surface area contributed by atoms with Gasteiger partial charge >= 0.3 is 0 Å². The quantitative estimate of drug-likeness (QED) is 0.678. The van der Waals surface area contributed by atoms with Gasteiger partial charge < -0.3 is 4.90 Å². The summed E-state index contributed by atoms with van der Waals surface area (Å²) >= 11 is 0. The van der Waals surface area contributed by atoms with Gasteiger partial charge in [-0.1, -0.05) is 36.4 Å². The zero-order valence-electron chi connectivity index (χ0n) is 13.4. The molecule has 0 fully saturated rings. The molecule has 0 N–H and O–H groups in total. The number of aromatic nitrogens is 3. The third kappa shape index (κ3) is 3.57. The second kappa shape index (κ2) is 7.37. The van der Waals surface area contributed by atoms with E-state index in [9.17, 15) is 4.79 Å². The van der Waals surface area contributed by atoms with Gasteiger partial charge in [-0.05, 0) is 37.3 Å². The molecule has 2 aromatic carbocycles. The summed E-state index contributed by atoms with van der Waals surface area (Å²) in [7, 11) is 0. The Hall–Kier alpha value is -3.21. The van der Waals surface area contributed by atoms with Gasteiger partial charge in [0.2, 0.25) is 0 Å². The normalized spacial score (nSPS) is 10.9. The van der Waals surface area contributed by atoms with Crippen LogP contribution in [0.4, 0.5) is 5.69 Å². The van der Waals surface area contributed by atoms with Crippen molar-refractivity contribution in [1.82, 2.24) is 15.0 Å². The highest BCUT2D eigenvalue weighted by molar-refractivity contribution is 6.03. The summed E-state index contributed by atoms with van der Waals surface area (Å²) in [5.74, 6) is -0.0852. The molecule has 0 aliphatic carbocycles. The molecule has 24 heavy (non-hydrogen) atoms. The molecular formula is C19H18N4O. The number of carbonyl (C=O) groups is 1. The van der Waals surface area contributed by atoms with E-state index in [0.717, 1.165) is 11.4 Å². The predicted molar refractivity (Wildman–Crippen MR) is 94.9 cm³/mol.